The molecule has 1 saturated heterocycles. The second-order valence-electron chi connectivity index (χ2n) is 5.52. The van der Waals surface area contributed by atoms with E-state index in [0.717, 1.165) is 17.2 Å². The molecule has 1 aliphatic heterocycles. The van der Waals surface area contributed by atoms with E-state index in [9.17, 15) is 9.18 Å². The number of halogens is 2. The number of nitrogens with zero attached hydrogens (tertiary/aromatic N) is 3. The number of H-pyrrole nitrogens is 1. The molecule has 120 valence electrons. The summed E-state index contributed by atoms with van der Waals surface area (Å²) >= 11 is 0. The summed E-state index contributed by atoms with van der Waals surface area (Å²) in [4.78, 5) is 23.4. The van der Waals surface area contributed by atoms with Crippen LogP contribution in [0.1, 0.15) is 19.8 Å². The molecule has 8 heteroatoms. The van der Waals surface area contributed by atoms with Gasteiger partial charge in [-0.25, -0.2) is 14.4 Å². The van der Waals surface area contributed by atoms with Crippen molar-refractivity contribution in [1.29, 1.82) is 0 Å². The average molecular weight is 336 g/mol. The van der Waals surface area contributed by atoms with E-state index >= 15 is 0 Å². The van der Waals surface area contributed by atoms with Gasteiger partial charge in [-0.1, -0.05) is 0 Å². The van der Waals surface area contributed by atoms with Gasteiger partial charge < -0.3 is 4.98 Å². The van der Waals surface area contributed by atoms with E-state index in [1.807, 2.05) is 6.92 Å². The van der Waals surface area contributed by atoms with Crippen LogP contribution in [0.2, 0.25) is 0 Å². The molecule has 2 aromatic heterocycles. The third kappa shape index (κ3) is 2.46. The van der Waals surface area contributed by atoms with Gasteiger partial charge in [0.1, 0.15) is 17.8 Å². The molecular weight excluding hydrogens is 321 g/mol. The number of hydrogen-bond acceptors (Lipinski definition) is 4. The molecule has 1 fully saturated rings. The fourth-order valence-corrected chi connectivity index (χ4v) is 2.90. The molecule has 0 bridgehead atoms. The number of amides is 1. The number of hydrogen-bond donors (Lipinski definition) is 2. The number of aromatic nitrogens is 3. The van der Waals surface area contributed by atoms with E-state index in [4.69, 9.17) is 0 Å². The smallest absolute Gasteiger partial charge is 0.241 e. The maximum Gasteiger partial charge on any atom is 0.241 e. The standard InChI is InChI=1S/C15H14FN5O.ClH/c1-8-2-5-12(22)21(8)20-15-13-10-4-3-9(16)6-11(10)19-14(13)17-7-18-15;/h3-4,6-8H,2,5H2,1H3,(H2,17,18,19,20);1H. The van der Waals surface area contributed by atoms with Gasteiger partial charge in [-0.2, -0.15) is 0 Å². The first-order valence-corrected chi connectivity index (χ1v) is 7.14. The Morgan fingerprint density at radius 3 is 2.96 bits per heavy atom. The second-order valence-corrected chi connectivity index (χ2v) is 5.52. The van der Waals surface area contributed by atoms with Crippen molar-refractivity contribution in [1.82, 2.24) is 20.0 Å². The third-order valence-corrected chi connectivity index (χ3v) is 4.06. The van der Waals surface area contributed by atoms with Crippen LogP contribution in [0.5, 0.6) is 0 Å². The zero-order chi connectivity index (χ0) is 15.3. The van der Waals surface area contributed by atoms with Crippen molar-refractivity contribution in [3.8, 4) is 0 Å². The molecule has 1 aliphatic rings. The molecule has 1 atom stereocenters. The zero-order valence-corrected chi connectivity index (χ0v) is 13.2. The molecule has 1 aromatic carbocycles. The number of rotatable bonds is 2. The van der Waals surface area contributed by atoms with E-state index < -0.39 is 0 Å². The molecule has 4 rings (SSSR count). The van der Waals surface area contributed by atoms with Gasteiger partial charge in [-0.3, -0.25) is 15.2 Å². The maximum absolute atomic E-state index is 13.4. The van der Waals surface area contributed by atoms with Crippen LogP contribution in [0.15, 0.2) is 24.5 Å². The molecule has 0 saturated carbocycles. The van der Waals surface area contributed by atoms with Crippen molar-refractivity contribution in [3.05, 3.63) is 30.3 Å². The predicted molar refractivity (Wildman–Crippen MR) is 87.8 cm³/mol. The van der Waals surface area contributed by atoms with Gasteiger partial charge in [0.25, 0.3) is 0 Å². The molecule has 6 nitrogen and oxygen atoms in total. The summed E-state index contributed by atoms with van der Waals surface area (Å²) in [5.41, 5.74) is 4.36. The Kier molecular flexibility index (Phi) is 3.81. The first-order valence-electron chi connectivity index (χ1n) is 7.14. The quantitative estimate of drug-likeness (QED) is 0.755. The van der Waals surface area contributed by atoms with Gasteiger partial charge in [0.15, 0.2) is 5.82 Å². The number of carbonyl (C=O) groups is 1. The molecule has 3 aromatic rings. The molecule has 1 unspecified atom stereocenters. The number of hydrazine groups is 1. The van der Waals surface area contributed by atoms with E-state index in [2.05, 4.69) is 20.4 Å². The summed E-state index contributed by atoms with van der Waals surface area (Å²) in [6, 6.07) is 4.62. The monoisotopic (exact) mass is 335 g/mol. The highest BCUT2D eigenvalue weighted by Gasteiger charge is 2.28. The lowest BCUT2D eigenvalue weighted by atomic mass is 10.2. The van der Waals surface area contributed by atoms with Crippen LogP contribution in [-0.2, 0) is 4.79 Å². The van der Waals surface area contributed by atoms with Crippen molar-refractivity contribution in [2.24, 2.45) is 0 Å². The Bertz CT molecular complexity index is 896. The van der Waals surface area contributed by atoms with Crippen molar-refractivity contribution < 1.29 is 9.18 Å². The van der Waals surface area contributed by atoms with Crippen LogP contribution in [0.25, 0.3) is 21.9 Å². The lowest BCUT2D eigenvalue weighted by Crippen LogP contribution is -2.36. The molecule has 23 heavy (non-hydrogen) atoms. The van der Waals surface area contributed by atoms with E-state index in [1.54, 1.807) is 11.1 Å². The minimum atomic E-state index is -0.315. The highest BCUT2D eigenvalue weighted by molar-refractivity contribution is 6.11. The van der Waals surface area contributed by atoms with Gasteiger partial charge in [-0.15, -0.1) is 12.4 Å². The largest absolute Gasteiger partial charge is 0.339 e. The zero-order valence-electron chi connectivity index (χ0n) is 12.3. The van der Waals surface area contributed by atoms with Crippen LogP contribution >= 0.6 is 12.4 Å². The molecule has 0 spiro atoms. The van der Waals surface area contributed by atoms with Crippen LogP contribution in [0, 0.1) is 5.82 Å². The van der Waals surface area contributed by atoms with E-state index in [0.29, 0.717) is 23.4 Å². The Hall–Kier alpha value is -2.41. The SMILES string of the molecule is CC1CCC(=O)N1Nc1ncnc2[nH]c3cc(F)ccc3c12.Cl. The average Bonchev–Trinajstić information content (AvgIpc) is 3.01. The number of nitrogens with one attached hydrogen (secondary N) is 2. The number of anilines is 1. The highest BCUT2D eigenvalue weighted by atomic mass is 35.5. The van der Waals surface area contributed by atoms with Gasteiger partial charge in [0, 0.05) is 11.8 Å². The van der Waals surface area contributed by atoms with Gasteiger partial charge in [0.2, 0.25) is 5.91 Å². The highest BCUT2D eigenvalue weighted by Crippen LogP contribution is 2.30. The number of benzene rings is 1. The molecular formula is C15H15ClFN5O. The minimum Gasteiger partial charge on any atom is -0.339 e. The van der Waals surface area contributed by atoms with Gasteiger partial charge >= 0.3 is 0 Å². The minimum absolute atomic E-state index is 0. The first-order chi connectivity index (χ1) is 10.6. The lowest BCUT2D eigenvalue weighted by Gasteiger charge is -2.23. The lowest BCUT2D eigenvalue weighted by molar-refractivity contribution is -0.127. The fraction of sp³-hybridized carbons (Fsp3) is 0.267. The van der Waals surface area contributed by atoms with Crippen LogP contribution in [0.3, 0.4) is 0 Å². The van der Waals surface area contributed by atoms with Gasteiger partial charge in [0.05, 0.1) is 16.9 Å². The Morgan fingerprint density at radius 1 is 1.39 bits per heavy atom. The van der Waals surface area contributed by atoms with E-state index in [-0.39, 0.29) is 30.2 Å². The number of fused-ring (bicyclic) bond motifs is 3. The number of carbonyl (C=O) groups excluding carboxylic acids is 1. The summed E-state index contributed by atoms with van der Waals surface area (Å²) in [6.07, 6.45) is 2.77. The van der Waals surface area contributed by atoms with Crippen molar-refractivity contribution in [2.75, 3.05) is 5.43 Å². The van der Waals surface area contributed by atoms with Crippen molar-refractivity contribution in [3.63, 3.8) is 0 Å². The van der Waals surface area contributed by atoms with Gasteiger partial charge in [-0.05, 0) is 31.5 Å². The Balaban J connectivity index is 0.00000156. The molecule has 3 heterocycles. The molecule has 0 aliphatic carbocycles. The van der Waals surface area contributed by atoms with Crippen LogP contribution in [0.4, 0.5) is 10.2 Å². The summed E-state index contributed by atoms with van der Waals surface area (Å²) in [5.74, 6) is 0.278. The van der Waals surface area contributed by atoms with Crippen molar-refractivity contribution in [2.45, 2.75) is 25.8 Å². The normalized spacial score (nSPS) is 17.7. The summed E-state index contributed by atoms with van der Waals surface area (Å²) in [5, 5.41) is 3.17. The Labute approximate surface area is 137 Å². The maximum atomic E-state index is 13.4. The third-order valence-electron chi connectivity index (χ3n) is 4.06. The predicted octanol–water partition coefficient (Wildman–Crippen LogP) is 3.01. The summed E-state index contributed by atoms with van der Waals surface area (Å²) in [7, 11) is 0. The molecule has 0 radical (unpaired) electrons. The fourth-order valence-electron chi connectivity index (χ4n) is 2.90. The summed E-state index contributed by atoms with van der Waals surface area (Å²) < 4.78 is 13.4. The van der Waals surface area contributed by atoms with E-state index in [1.165, 1.54) is 18.5 Å². The topological polar surface area (TPSA) is 73.9 Å². The molecule has 2 N–H and O–H groups in total. The van der Waals surface area contributed by atoms with Crippen molar-refractivity contribution >= 4 is 46.1 Å². The summed E-state index contributed by atoms with van der Waals surface area (Å²) in [6.45, 7) is 1.99. The van der Waals surface area contributed by atoms with Crippen LogP contribution in [-0.4, -0.2) is 31.9 Å². The first kappa shape index (κ1) is 15.5. The molecule has 1 amide bonds. The number of aromatic amines is 1. The second kappa shape index (κ2) is 5.66. The van der Waals surface area contributed by atoms with Crippen LogP contribution < -0.4 is 5.43 Å². The Morgan fingerprint density at radius 2 is 2.22 bits per heavy atom.